The first-order valence-electron chi connectivity index (χ1n) is 9.49. The second kappa shape index (κ2) is 8.68. The summed E-state index contributed by atoms with van der Waals surface area (Å²) in [5.74, 6) is 0.902. The molecule has 160 valence electrons. The molecule has 0 radical (unpaired) electrons. The molecule has 0 saturated heterocycles. The van der Waals surface area contributed by atoms with Gasteiger partial charge in [0.1, 0.15) is 5.82 Å². The van der Waals surface area contributed by atoms with E-state index in [0.29, 0.717) is 24.5 Å². The summed E-state index contributed by atoms with van der Waals surface area (Å²) in [6.07, 6.45) is 3.89. The molecule has 10 nitrogen and oxygen atoms in total. The molecule has 0 bridgehead atoms. The zero-order valence-corrected chi connectivity index (χ0v) is 17.2. The summed E-state index contributed by atoms with van der Waals surface area (Å²) in [6.45, 7) is 0.562. The Morgan fingerprint density at radius 3 is 2.81 bits per heavy atom. The predicted molar refractivity (Wildman–Crippen MR) is 118 cm³/mol. The van der Waals surface area contributed by atoms with Gasteiger partial charge in [0.25, 0.3) is 0 Å². The highest BCUT2D eigenvalue weighted by molar-refractivity contribution is 7.89. The minimum atomic E-state index is -3.82. The van der Waals surface area contributed by atoms with Gasteiger partial charge in [-0.25, -0.2) is 18.5 Å². The number of sulfonamides is 1. The van der Waals surface area contributed by atoms with Gasteiger partial charge in [-0.3, -0.25) is 5.10 Å². The van der Waals surface area contributed by atoms with Gasteiger partial charge in [0, 0.05) is 30.4 Å². The number of H-pyrrole nitrogens is 1. The molecule has 2 aromatic heterocycles. The van der Waals surface area contributed by atoms with Gasteiger partial charge in [0.05, 0.1) is 22.3 Å². The number of benzene rings is 2. The van der Waals surface area contributed by atoms with E-state index in [-0.39, 0.29) is 17.5 Å². The predicted octanol–water partition coefficient (Wildman–Crippen LogP) is 2.26. The average Bonchev–Trinajstić information content (AvgIpc) is 3.23. The number of nitrogens with zero attached hydrogens (tertiary/aromatic N) is 4. The van der Waals surface area contributed by atoms with Crippen molar-refractivity contribution in [1.82, 2.24) is 20.2 Å². The standard InChI is InChI=1S/C20H21N7O3S/c21-31(29,30)15-5-1-4-14(12-15)24-20-22-9-8-19(25-20)27(10-3-11-28)18-7-2-6-17-16(18)13-23-26-17/h1-2,4-9,12-13,28H,3,10-11H2,(H,23,26)(H2,21,29,30)(H,22,24,25). The molecule has 0 fully saturated rings. The van der Waals surface area contributed by atoms with E-state index in [0.717, 1.165) is 16.6 Å². The molecule has 0 aliphatic heterocycles. The number of nitrogens with one attached hydrogen (secondary N) is 2. The van der Waals surface area contributed by atoms with Crippen molar-refractivity contribution in [2.24, 2.45) is 5.14 Å². The number of aromatic nitrogens is 4. The smallest absolute Gasteiger partial charge is 0.238 e. The first-order chi connectivity index (χ1) is 15.0. The lowest BCUT2D eigenvalue weighted by atomic mass is 10.2. The number of aromatic amines is 1. The van der Waals surface area contributed by atoms with Crippen molar-refractivity contribution < 1.29 is 13.5 Å². The van der Waals surface area contributed by atoms with E-state index in [2.05, 4.69) is 25.5 Å². The summed E-state index contributed by atoms with van der Waals surface area (Å²) in [6, 6.07) is 13.7. The normalized spacial score (nSPS) is 11.5. The van der Waals surface area contributed by atoms with Gasteiger partial charge in [-0.2, -0.15) is 10.1 Å². The van der Waals surface area contributed by atoms with Crippen LogP contribution >= 0.6 is 0 Å². The van der Waals surface area contributed by atoms with Gasteiger partial charge < -0.3 is 15.3 Å². The van der Waals surface area contributed by atoms with Crippen LogP contribution in [0, 0.1) is 0 Å². The van der Waals surface area contributed by atoms with Gasteiger partial charge in [0.15, 0.2) is 0 Å². The molecule has 0 spiro atoms. The topological polar surface area (TPSA) is 150 Å². The lowest BCUT2D eigenvalue weighted by Crippen LogP contribution is -2.21. The molecule has 0 amide bonds. The zero-order chi connectivity index (χ0) is 21.8. The molecule has 11 heteroatoms. The van der Waals surface area contributed by atoms with Gasteiger partial charge in [-0.1, -0.05) is 12.1 Å². The Morgan fingerprint density at radius 1 is 1.16 bits per heavy atom. The van der Waals surface area contributed by atoms with Crippen molar-refractivity contribution in [3.8, 4) is 0 Å². The number of nitrogens with two attached hydrogens (primary N) is 1. The van der Waals surface area contributed by atoms with Crippen molar-refractivity contribution in [2.75, 3.05) is 23.4 Å². The van der Waals surface area contributed by atoms with Gasteiger partial charge in [-0.05, 0) is 42.8 Å². The summed E-state index contributed by atoms with van der Waals surface area (Å²) < 4.78 is 23.2. The number of rotatable bonds is 8. The van der Waals surface area contributed by atoms with Crippen molar-refractivity contribution in [2.45, 2.75) is 11.3 Å². The molecule has 2 aromatic carbocycles. The number of aliphatic hydroxyl groups is 1. The Bertz CT molecular complexity index is 1310. The van der Waals surface area contributed by atoms with Crippen molar-refractivity contribution in [3.63, 3.8) is 0 Å². The summed E-state index contributed by atoms with van der Waals surface area (Å²) in [5.41, 5.74) is 2.27. The number of fused-ring (bicyclic) bond motifs is 1. The number of hydrogen-bond acceptors (Lipinski definition) is 8. The third kappa shape index (κ3) is 4.63. The molecule has 4 rings (SSSR count). The lowest BCUT2D eigenvalue weighted by Gasteiger charge is -2.24. The number of anilines is 4. The van der Waals surface area contributed by atoms with E-state index in [9.17, 15) is 13.5 Å². The second-order valence-electron chi connectivity index (χ2n) is 6.77. The second-order valence-corrected chi connectivity index (χ2v) is 8.33. The van der Waals surface area contributed by atoms with Crippen LogP contribution in [-0.4, -0.2) is 46.8 Å². The third-order valence-corrected chi connectivity index (χ3v) is 5.54. The van der Waals surface area contributed by atoms with Crippen molar-refractivity contribution in [1.29, 1.82) is 0 Å². The Morgan fingerprint density at radius 2 is 2.00 bits per heavy atom. The quantitative estimate of drug-likeness (QED) is 0.326. The van der Waals surface area contributed by atoms with E-state index in [1.165, 1.54) is 12.1 Å². The summed E-state index contributed by atoms with van der Waals surface area (Å²) >= 11 is 0. The molecular formula is C20H21N7O3S. The maximum Gasteiger partial charge on any atom is 0.238 e. The summed E-state index contributed by atoms with van der Waals surface area (Å²) in [7, 11) is -3.82. The number of aliphatic hydroxyl groups excluding tert-OH is 1. The molecule has 4 aromatic rings. The van der Waals surface area contributed by atoms with Crippen LogP contribution in [0.2, 0.25) is 0 Å². The number of hydrogen-bond donors (Lipinski definition) is 4. The minimum Gasteiger partial charge on any atom is -0.396 e. The van der Waals surface area contributed by atoms with Crippen LogP contribution in [0.5, 0.6) is 0 Å². The van der Waals surface area contributed by atoms with E-state index in [1.54, 1.807) is 30.6 Å². The fourth-order valence-corrected chi connectivity index (χ4v) is 3.77. The molecule has 31 heavy (non-hydrogen) atoms. The highest BCUT2D eigenvalue weighted by Gasteiger charge is 2.16. The SMILES string of the molecule is NS(=O)(=O)c1cccc(Nc2nccc(N(CCCO)c3cccc4[nH]ncc34)n2)c1. The Kier molecular flexibility index (Phi) is 5.80. The highest BCUT2D eigenvalue weighted by Crippen LogP contribution is 2.31. The van der Waals surface area contributed by atoms with Crippen LogP contribution in [0.1, 0.15) is 6.42 Å². The summed E-state index contributed by atoms with van der Waals surface area (Å²) in [5, 5.41) is 25.6. The Balaban J connectivity index is 1.69. The van der Waals surface area contributed by atoms with Crippen LogP contribution < -0.4 is 15.4 Å². The van der Waals surface area contributed by atoms with Gasteiger partial charge in [0.2, 0.25) is 16.0 Å². The molecule has 0 unspecified atom stereocenters. The lowest BCUT2D eigenvalue weighted by molar-refractivity contribution is 0.291. The van der Waals surface area contributed by atoms with Crippen LogP contribution in [0.4, 0.5) is 23.1 Å². The van der Waals surface area contributed by atoms with Crippen molar-refractivity contribution in [3.05, 3.63) is 60.9 Å². The van der Waals surface area contributed by atoms with Crippen LogP contribution in [0.15, 0.2) is 65.8 Å². The molecule has 0 aliphatic carbocycles. The first-order valence-corrected chi connectivity index (χ1v) is 11.0. The minimum absolute atomic E-state index is 0.00939. The van der Waals surface area contributed by atoms with Gasteiger partial charge >= 0.3 is 0 Å². The maximum absolute atomic E-state index is 11.6. The summed E-state index contributed by atoms with van der Waals surface area (Å²) in [4.78, 5) is 10.8. The fraction of sp³-hybridized carbons (Fsp3) is 0.150. The first kappa shape index (κ1) is 20.7. The van der Waals surface area contributed by atoms with Crippen molar-refractivity contribution >= 4 is 44.1 Å². The fourth-order valence-electron chi connectivity index (χ4n) is 3.21. The third-order valence-electron chi connectivity index (χ3n) is 4.63. The van der Waals surface area contributed by atoms with E-state index >= 15 is 0 Å². The van der Waals surface area contributed by atoms with Crippen LogP contribution in [0.3, 0.4) is 0 Å². The highest BCUT2D eigenvalue weighted by atomic mass is 32.2. The Labute approximate surface area is 178 Å². The maximum atomic E-state index is 11.6. The van der Waals surface area contributed by atoms with Crippen LogP contribution in [0.25, 0.3) is 10.9 Å². The van der Waals surface area contributed by atoms with Gasteiger partial charge in [-0.15, -0.1) is 0 Å². The van der Waals surface area contributed by atoms with E-state index in [4.69, 9.17) is 5.14 Å². The molecule has 0 aliphatic rings. The monoisotopic (exact) mass is 439 g/mol. The molecule has 0 saturated carbocycles. The Hall–Kier alpha value is -3.54. The zero-order valence-electron chi connectivity index (χ0n) is 16.4. The van der Waals surface area contributed by atoms with E-state index < -0.39 is 10.0 Å². The van der Waals surface area contributed by atoms with E-state index in [1.807, 2.05) is 23.1 Å². The molecular weight excluding hydrogens is 418 g/mol. The van der Waals surface area contributed by atoms with Crippen LogP contribution in [-0.2, 0) is 10.0 Å². The molecule has 0 atom stereocenters. The molecule has 5 N–H and O–H groups in total. The number of primary sulfonamides is 1. The average molecular weight is 440 g/mol. The largest absolute Gasteiger partial charge is 0.396 e. The molecule has 2 heterocycles.